The molecule has 0 aliphatic carbocycles. The quantitative estimate of drug-likeness (QED) is 0.707. The van der Waals surface area contributed by atoms with Gasteiger partial charge in [0.05, 0.1) is 6.04 Å². The molecule has 1 aliphatic heterocycles. The van der Waals surface area contributed by atoms with E-state index in [1.54, 1.807) is 0 Å². The molecule has 2 unspecified atom stereocenters. The summed E-state index contributed by atoms with van der Waals surface area (Å²) >= 11 is 0. The zero-order valence-electron chi connectivity index (χ0n) is 8.60. The molecule has 2 nitrogen and oxygen atoms in total. The van der Waals surface area contributed by atoms with Crippen LogP contribution in [0.15, 0.2) is 36.4 Å². The van der Waals surface area contributed by atoms with Gasteiger partial charge in [0, 0.05) is 10.9 Å². The minimum Gasteiger partial charge on any atom is -0.488 e. The van der Waals surface area contributed by atoms with Gasteiger partial charge in [-0.3, -0.25) is 0 Å². The van der Waals surface area contributed by atoms with Crippen LogP contribution in [0.5, 0.6) is 5.75 Å². The largest absolute Gasteiger partial charge is 0.488 e. The molecule has 76 valence electrons. The number of rotatable bonds is 0. The summed E-state index contributed by atoms with van der Waals surface area (Å²) in [6.45, 7) is 2.01. The number of ether oxygens (including phenoxy) is 1. The summed E-state index contributed by atoms with van der Waals surface area (Å²) in [7, 11) is 0. The molecule has 0 saturated carbocycles. The molecule has 15 heavy (non-hydrogen) atoms. The van der Waals surface area contributed by atoms with Crippen LogP contribution in [0.2, 0.25) is 0 Å². The van der Waals surface area contributed by atoms with Gasteiger partial charge in [-0.05, 0) is 12.3 Å². The van der Waals surface area contributed by atoms with Crippen LogP contribution in [0.4, 0.5) is 0 Å². The van der Waals surface area contributed by atoms with Gasteiger partial charge in [-0.25, -0.2) is 0 Å². The Hall–Kier alpha value is -1.54. The summed E-state index contributed by atoms with van der Waals surface area (Å²) in [5.74, 6) is 0.966. The van der Waals surface area contributed by atoms with E-state index in [4.69, 9.17) is 10.5 Å². The summed E-state index contributed by atoms with van der Waals surface area (Å²) in [4.78, 5) is 0. The van der Waals surface area contributed by atoms with Crippen LogP contribution in [0.1, 0.15) is 18.5 Å². The highest BCUT2D eigenvalue weighted by Crippen LogP contribution is 2.40. The topological polar surface area (TPSA) is 35.2 Å². The van der Waals surface area contributed by atoms with Gasteiger partial charge in [-0.1, -0.05) is 36.4 Å². The first-order valence-corrected chi connectivity index (χ1v) is 5.21. The van der Waals surface area contributed by atoms with Gasteiger partial charge in [0.2, 0.25) is 0 Å². The zero-order valence-corrected chi connectivity index (χ0v) is 8.60. The number of benzene rings is 2. The molecule has 0 aromatic heterocycles. The van der Waals surface area contributed by atoms with E-state index in [0.29, 0.717) is 0 Å². The smallest absolute Gasteiger partial charge is 0.132 e. The van der Waals surface area contributed by atoms with E-state index in [-0.39, 0.29) is 12.1 Å². The van der Waals surface area contributed by atoms with Crippen LogP contribution < -0.4 is 10.5 Å². The molecule has 1 heterocycles. The SMILES string of the molecule is CC1Oc2c(ccc3ccccc23)C1N. The monoisotopic (exact) mass is 199 g/mol. The second kappa shape index (κ2) is 2.97. The fourth-order valence-electron chi connectivity index (χ4n) is 2.17. The first-order chi connectivity index (χ1) is 7.27. The fourth-order valence-corrected chi connectivity index (χ4v) is 2.17. The molecule has 0 amide bonds. The summed E-state index contributed by atoms with van der Waals surface area (Å²) in [5, 5.41) is 2.37. The predicted molar refractivity (Wildman–Crippen MR) is 61.0 cm³/mol. The van der Waals surface area contributed by atoms with Crippen LogP contribution in [0, 0.1) is 0 Å². The van der Waals surface area contributed by atoms with Crippen molar-refractivity contribution >= 4 is 10.8 Å². The molecule has 2 heteroatoms. The van der Waals surface area contributed by atoms with Gasteiger partial charge in [-0.2, -0.15) is 0 Å². The highest BCUT2D eigenvalue weighted by molar-refractivity contribution is 5.90. The Morgan fingerprint density at radius 2 is 1.93 bits per heavy atom. The summed E-state index contributed by atoms with van der Waals surface area (Å²) in [6.07, 6.45) is 0.0748. The summed E-state index contributed by atoms with van der Waals surface area (Å²) in [5.41, 5.74) is 7.18. The Kier molecular flexibility index (Phi) is 1.73. The van der Waals surface area contributed by atoms with Crippen molar-refractivity contribution in [2.75, 3.05) is 0 Å². The maximum absolute atomic E-state index is 6.06. The second-order valence-electron chi connectivity index (χ2n) is 4.05. The molecule has 0 bridgehead atoms. The molecule has 2 atom stereocenters. The molecule has 2 aromatic carbocycles. The predicted octanol–water partition coefficient (Wildman–Crippen LogP) is 2.62. The van der Waals surface area contributed by atoms with Crippen molar-refractivity contribution in [1.82, 2.24) is 0 Å². The van der Waals surface area contributed by atoms with Crippen molar-refractivity contribution in [1.29, 1.82) is 0 Å². The highest BCUT2D eigenvalue weighted by atomic mass is 16.5. The van der Waals surface area contributed by atoms with E-state index >= 15 is 0 Å². The summed E-state index contributed by atoms with van der Waals surface area (Å²) < 4.78 is 5.81. The van der Waals surface area contributed by atoms with Crippen LogP contribution in [0.25, 0.3) is 10.8 Å². The van der Waals surface area contributed by atoms with E-state index < -0.39 is 0 Å². The summed E-state index contributed by atoms with van der Waals surface area (Å²) in [6, 6.07) is 12.4. The van der Waals surface area contributed by atoms with E-state index in [2.05, 4.69) is 24.3 Å². The third-order valence-electron chi connectivity index (χ3n) is 3.08. The number of nitrogens with two attached hydrogens (primary N) is 1. The maximum Gasteiger partial charge on any atom is 0.132 e. The van der Waals surface area contributed by atoms with Gasteiger partial charge in [0.25, 0.3) is 0 Å². The van der Waals surface area contributed by atoms with Crippen molar-refractivity contribution in [3.8, 4) is 5.75 Å². The van der Waals surface area contributed by atoms with Crippen LogP contribution in [-0.2, 0) is 0 Å². The van der Waals surface area contributed by atoms with E-state index in [1.807, 2.05) is 19.1 Å². The molecule has 0 saturated heterocycles. The standard InChI is InChI=1S/C13H13NO/c1-8-12(14)11-7-6-9-4-2-3-5-10(9)13(11)15-8/h2-8,12H,14H2,1H3. The Morgan fingerprint density at radius 1 is 1.13 bits per heavy atom. The van der Waals surface area contributed by atoms with E-state index in [0.717, 1.165) is 16.7 Å². The molecule has 3 rings (SSSR count). The van der Waals surface area contributed by atoms with Gasteiger partial charge in [0.15, 0.2) is 0 Å². The molecule has 2 aromatic rings. The van der Waals surface area contributed by atoms with Gasteiger partial charge in [-0.15, -0.1) is 0 Å². The maximum atomic E-state index is 6.06. The van der Waals surface area contributed by atoms with Crippen molar-refractivity contribution in [3.05, 3.63) is 42.0 Å². The second-order valence-corrected chi connectivity index (χ2v) is 4.05. The molecule has 0 spiro atoms. The minimum atomic E-state index is 0.00426. The lowest BCUT2D eigenvalue weighted by atomic mass is 10.0. The van der Waals surface area contributed by atoms with Crippen molar-refractivity contribution in [2.45, 2.75) is 19.1 Å². The molecule has 2 N–H and O–H groups in total. The Balaban J connectivity index is 2.33. The molecular weight excluding hydrogens is 186 g/mol. The molecule has 0 radical (unpaired) electrons. The zero-order chi connectivity index (χ0) is 10.4. The van der Waals surface area contributed by atoms with E-state index in [9.17, 15) is 0 Å². The van der Waals surface area contributed by atoms with Crippen molar-refractivity contribution in [2.24, 2.45) is 5.73 Å². The third kappa shape index (κ3) is 1.15. The normalized spacial score (nSPS) is 23.9. The highest BCUT2D eigenvalue weighted by Gasteiger charge is 2.29. The molecule has 1 aliphatic rings. The Labute approximate surface area is 88.7 Å². The third-order valence-corrected chi connectivity index (χ3v) is 3.08. The average Bonchev–Trinajstić information content (AvgIpc) is 2.56. The first kappa shape index (κ1) is 8.74. The van der Waals surface area contributed by atoms with Crippen LogP contribution in [-0.4, -0.2) is 6.10 Å². The van der Waals surface area contributed by atoms with Crippen LogP contribution >= 0.6 is 0 Å². The lowest BCUT2D eigenvalue weighted by Gasteiger charge is -2.07. The van der Waals surface area contributed by atoms with Gasteiger partial charge in [0.1, 0.15) is 11.9 Å². The molecular formula is C13H13NO. The Morgan fingerprint density at radius 3 is 2.80 bits per heavy atom. The number of hydrogen-bond donors (Lipinski definition) is 1. The van der Waals surface area contributed by atoms with E-state index in [1.165, 1.54) is 5.39 Å². The van der Waals surface area contributed by atoms with Crippen molar-refractivity contribution in [3.63, 3.8) is 0 Å². The fraction of sp³-hybridized carbons (Fsp3) is 0.231. The number of hydrogen-bond acceptors (Lipinski definition) is 2. The number of fused-ring (bicyclic) bond motifs is 3. The van der Waals surface area contributed by atoms with Gasteiger partial charge >= 0.3 is 0 Å². The minimum absolute atomic E-state index is 0.00426. The molecule has 0 fully saturated rings. The van der Waals surface area contributed by atoms with Gasteiger partial charge < -0.3 is 10.5 Å². The van der Waals surface area contributed by atoms with Crippen LogP contribution in [0.3, 0.4) is 0 Å². The first-order valence-electron chi connectivity index (χ1n) is 5.21. The lowest BCUT2D eigenvalue weighted by molar-refractivity contribution is 0.230. The Bertz CT molecular complexity index is 521. The average molecular weight is 199 g/mol. The lowest BCUT2D eigenvalue weighted by Crippen LogP contribution is -2.21. The van der Waals surface area contributed by atoms with Crippen molar-refractivity contribution < 1.29 is 4.74 Å².